The van der Waals surface area contributed by atoms with Crippen molar-refractivity contribution in [1.82, 2.24) is 29.5 Å². The van der Waals surface area contributed by atoms with Gasteiger partial charge in [-0.15, -0.1) is 11.3 Å². The highest BCUT2D eigenvalue weighted by Gasteiger charge is 2.22. The Bertz CT molecular complexity index is 2390. The monoisotopic (exact) mass is 582 g/mol. The van der Waals surface area contributed by atoms with E-state index in [2.05, 4.69) is 77.4 Å². The van der Waals surface area contributed by atoms with Gasteiger partial charge in [0.05, 0.1) is 11.0 Å². The molecular formula is C37H22N6S. The summed E-state index contributed by atoms with van der Waals surface area (Å²) in [6.45, 7) is 0. The average molecular weight is 583 g/mol. The van der Waals surface area contributed by atoms with Crippen LogP contribution >= 0.6 is 11.3 Å². The summed E-state index contributed by atoms with van der Waals surface area (Å²) in [7, 11) is 0. The zero-order valence-corrected chi connectivity index (χ0v) is 24.1. The summed E-state index contributed by atoms with van der Waals surface area (Å²) in [6.07, 6.45) is 0. The second-order valence-electron chi connectivity index (χ2n) is 10.6. The van der Waals surface area contributed by atoms with Crippen LogP contribution in [-0.4, -0.2) is 29.5 Å². The van der Waals surface area contributed by atoms with Crippen LogP contribution < -0.4 is 0 Å². The Morgan fingerprint density at radius 2 is 0.932 bits per heavy atom. The Labute approximate surface area is 256 Å². The fourth-order valence-electron chi connectivity index (χ4n) is 5.93. The standard InChI is InChI=1S/C37H22N6S/c1-3-13-23(14-4-1)33-39-34(24-15-5-2-6-16-24)41-35(40-33)32-31-27-19-9-12-22-30(27)44-36(31)42-37(38-32)43-28-20-10-7-17-25(28)26-18-8-11-21-29(26)43/h1-22H. The van der Waals surface area contributed by atoms with Crippen LogP contribution in [0.4, 0.5) is 0 Å². The lowest BCUT2D eigenvalue weighted by Gasteiger charge is -2.11. The van der Waals surface area contributed by atoms with Crippen molar-refractivity contribution in [2.75, 3.05) is 0 Å². The lowest BCUT2D eigenvalue weighted by molar-refractivity contribution is 0.999. The summed E-state index contributed by atoms with van der Waals surface area (Å²) < 4.78 is 3.29. The van der Waals surface area contributed by atoms with E-state index in [0.29, 0.717) is 29.1 Å². The summed E-state index contributed by atoms with van der Waals surface area (Å²) in [4.78, 5) is 26.4. The van der Waals surface area contributed by atoms with Crippen LogP contribution in [-0.2, 0) is 0 Å². The molecule has 0 fully saturated rings. The average Bonchev–Trinajstić information content (AvgIpc) is 3.64. The molecule has 9 aromatic rings. The summed E-state index contributed by atoms with van der Waals surface area (Å²) >= 11 is 1.66. The molecule has 0 aliphatic heterocycles. The van der Waals surface area contributed by atoms with Crippen LogP contribution in [0.2, 0.25) is 0 Å². The zero-order chi connectivity index (χ0) is 29.0. The number of aromatic nitrogens is 6. The maximum absolute atomic E-state index is 5.31. The Morgan fingerprint density at radius 3 is 1.55 bits per heavy atom. The van der Waals surface area contributed by atoms with Gasteiger partial charge in [-0.05, 0) is 18.2 Å². The summed E-state index contributed by atoms with van der Waals surface area (Å²) in [5.74, 6) is 2.29. The third-order valence-electron chi connectivity index (χ3n) is 7.92. The molecule has 206 valence electrons. The number of benzene rings is 5. The molecule has 7 heteroatoms. The fourth-order valence-corrected chi connectivity index (χ4v) is 7.00. The first-order valence-electron chi connectivity index (χ1n) is 14.4. The minimum Gasteiger partial charge on any atom is -0.278 e. The number of para-hydroxylation sites is 2. The van der Waals surface area contributed by atoms with Crippen molar-refractivity contribution in [3.63, 3.8) is 0 Å². The minimum atomic E-state index is 0.510. The second kappa shape index (κ2) is 9.90. The number of fused-ring (bicyclic) bond motifs is 6. The Kier molecular flexibility index (Phi) is 5.57. The van der Waals surface area contributed by atoms with Crippen molar-refractivity contribution >= 4 is 53.4 Å². The Morgan fingerprint density at radius 1 is 0.432 bits per heavy atom. The van der Waals surface area contributed by atoms with Gasteiger partial charge in [0.15, 0.2) is 17.5 Å². The lowest BCUT2D eigenvalue weighted by atomic mass is 10.1. The predicted octanol–water partition coefficient (Wildman–Crippen LogP) is 9.13. The molecule has 0 radical (unpaired) electrons. The van der Waals surface area contributed by atoms with Crippen molar-refractivity contribution in [3.05, 3.63) is 133 Å². The van der Waals surface area contributed by atoms with Gasteiger partial charge in [0, 0.05) is 37.4 Å². The molecule has 0 amide bonds. The molecule has 0 spiro atoms. The molecule has 0 saturated heterocycles. The van der Waals surface area contributed by atoms with E-state index in [1.54, 1.807) is 11.3 Å². The number of rotatable bonds is 4. The van der Waals surface area contributed by atoms with Gasteiger partial charge in [-0.1, -0.05) is 115 Å². The first kappa shape index (κ1) is 24.8. The molecule has 0 atom stereocenters. The summed E-state index contributed by atoms with van der Waals surface area (Å²) in [5.41, 5.74) is 4.60. The SMILES string of the molecule is c1ccc(-c2nc(-c3ccccc3)nc(-c3nc(-n4c5ccccc5c5ccccc54)nc4sc5ccccc5c34)n2)cc1. The summed E-state index contributed by atoms with van der Waals surface area (Å²) in [6, 6.07) is 45.2. The topological polar surface area (TPSA) is 69.4 Å². The second-order valence-corrected chi connectivity index (χ2v) is 11.6. The van der Waals surface area contributed by atoms with Crippen LogP contribution in [0.5, 0.6) is 0 Å². The molecule has 0 bridgehead atoms. The maximum Gasteiger partial charge on any atom is 0.236 e. The summed E-state index contributed by atoms with van der Waals surface area (Å²) in [5, 5.41) is 4.34. The molecular weight excluding hydrogens is 561 g/mol. The van der Waals surface area contributed by atoms with Gasteiger partial charge in [-0.2, -0.15) is 0 Å². The number of hydrogen-bond acceptors (Lipinski definition) is 6. The van der Waals surface area contributed by atoms with Gasteiger partial charge in [0.1, 0.15) is 10.5 Å². The molecule has 9 rings (SSSR count). The van der Waals surface area contributed by atoms with Gasteiger partial charge < -0.3 is 0 Å². The zero-order valence-electron chi connectivity index (χ0n) is 23.3. The van der Waals surface area contributed by atoms with Crippen LogP contribution in [0, 0.1) is 0 Å². The van der Waals surface area contributed by atoms with E-state index in [9.17, 15) is 0 Å². The van der Waals surface area contributed by atoms with E-state index in [4.69, 9.17) is 24.9 Å². The van der Waals surface area contributed by atoms with Crippen molar-refractivity contribution < 1.29 is 0 Å². The number of thiophene rings is 1. The molecule has 0 aliphatic carbocycles. The third kappa shape index (κ3) is 3.91. The van der Waals surface area contributed by atoms with E-state index < -0.39 is 0 Å². The first-order chi connectivity index (χ1) is 21.8. The Hall–Kier alpha value is -5.79. The molecule has 4 heterocycles. The third-order valence-corrected chi connectivity index (χ3v) is 8.98. The minimum absolute atomic E-state index is 0.510. The van der Waals surface area contributed by atoms with Gasteiger partial charge in [-0.3, -0.25) is 4.57 Å². The normalized spacial score (nSPS) is 11.6. The molecule has 0 N–H and O–H groups in total. The van der Waals surface area contributed by atoms with Gasteiger partial charge in [0.25, 0.3) is 0 Å². The lowest BCUT2D eigenvalue weighted by Crippen LogP contribution is -2.06. The number of nitrogens with zero attached hydrogens (tertiary/aromatic N) is 6. The Balaban J connectivity index is 1.40. The van der Waals surface area contributed by atoms with Crippen molar-refractivity contribution in [1.29, 1.82) is 0 Å². The molecule has 0 saturated carbocycles. The molecule has 0 aliphatic rings. The van der Waals surface area contributed by atoms with E-state index in [0.717, 1.165) is 53.2 Å². The smallest absolute Gasteiger partial charge is 0.236 e. The van der Waals surface area contributed by atoms with Crippen molar-refractivity contribution in [2.24, 2.45) is 0 Å². The van der Waals surface area contributed by atoms with E-state index in [-0.39, 0.29) is 0 Å². The highest BCUT2D eigenvalue weighted by atomic mass is 32.1. The molecule has 4 aromatic heterocycles. The van der Waals surface area contributed by atoms with Crippen molar-refractivity contribution in [3.8, 4) is 40.2 Å². The molecule has 0 unspecified atom stereocenters. The van der Waals surface area contributed by atoms with Gasteiger partial charge >= 0.3 is 0 Å². The van der Waals surface area contributed by atoms with Crippen molar-refractivity contribution in [2.45, 2.75) is 0 Å². The maximum atomic E-state index is 5.31. The molecule has 6 nitrogen and oxygen atoms in total. The quantitative estimate of drug-likeness (QED) is 0.207. The van der Waals surface area contributed by atoms with E-state index >= 15 is 0 Å². The van der Waals surface area contributed by atoms with Crippen LogP contribution in [0.3, 0.4) is 0 Å². The fraction of sp³-hybridized carbons (Fsp3) is 0. The molecule has 44 heavy (non-hydrogen) atoms. The highest BCUT2D eigenvalue weighted by molar-refractivity contribution is 7.25. The van der Waals surface area contributed by atoms with Crippen LogP contribution in [0.25, 0.3) is 82.4 Å². The number of hydrogen-bond donors (Lipinski definition) is 0. The highest BCUT2D eigenvalue weighted by Crippen LogP contribution is 2.39. The van der Waals surface area contributed by atoms with Crippen LogP contribution in [0.15, 0.2) is 133 Å². The van der Waals surface area contributed by atoms with E-state index in [1.165, 1.54) is 0 Å². The predicted molar refractivity (Wildman–Crippen MR) is 179 cm³/mol. The molecule has 5 aromatic carbocycles. The largest absolute Gasteiger partial charge is 0.278 e. The van der Waals surface area contributed by atoms with E-state index in [1.807, 2.05) is 60.7 Å². The van der Waals surface area contributed by atoms with Crippen LogP contribution in [0.1, 0.15) is 0 Å². The van der Waals surface area contributed by atoms with Gasteiger partial charge in [-0.25, -0.2) is 24.9 Å². The van der Waals surface area contributed by atoms with Gasteiger partial charge in [0.2, 0.25) is 5.95 Å². The first-order valence-corrected chi connectivity index (χ1v) is 15.2.